The number of urea groups is 1. The molecule has 0 aromatic heterocycles. The standard InChI is InChI=1S/C5H10N4O2/c1-9(5(8)11)3(6)2-4(7)10/h2H,6H2,1H3,(H2,7,10)(H2,8,11)/b3-2-. The second kappa shape index (κ2) is 3.45. The summed E-state index contributed by atoms with van der Waals surface area (Å²) >= 11 is 0. The number of nitrogens with zero attached hydrogens (tertiary/aromatic N) is 1. The van der Waals surface area contributed by atoms with Crippen LogP contribution in [0.4, 0.5) is 4.79 Å². The van der Waals surface area contributed by atoms with Crippen LogP contribution in [-0.2, 0) is 4.79 Å². The van der Waals surface area contributed by atoms with Crippen molar-refractivity contribution < 1.29 is 9.59 Å². The van der Waals surface area contributed by atoms with Crippen molar-refractivity contribution >= 4 is 11.9 Å². The highest BCUT2D eigenvalue weighted by molar-refractivity contribution is 5.87. The molecule has 62 valence electrons. The second-order valence-corrected chi connectivity index (χ2v) is 1.87. The number of carbonyl (C=O) groups excluding carboxylic acids is 2. The fourth-order valence-electron chi connectivity index (χ4n) is 0.370. The molecule has 0 saturated heterocycles. The van der Waals surface area contributed by atoms with E-state index in [1.54, 1.807) is 0 Å². The normalized spacial score (nSPS) is 10.8. The van der Waals surface area contributed by atoms with Gasteiger partial charge in [0.05, 0.1) is 0 Å². The monoisotopic (exact) mass is 158 g/mol. The Balaban J connectivity index is 4.35. The lowest BCUT2D eigenvalue weighted by Crippen LogP contribution is -2.35. The molecule has 3 amide bonds. The molecule has 0 spiro atoms. The molecule has 0 aromatic rings. The van der Waals surface area contributed by atoms with Crippen molar-refractivity contribution in [2.75, 3.05) is 7.05 Å². The summed E-state index contributed by atoms with van der Waals surface area (Å²) in [6.45, 7) is 0. The van der Waals surface area contributed by atoms with Crippen molar-refractivity contribution in [3.8, 4) is 0 Å². The van der Waals surface area contributed by atoms with Crippen LogP contribution in [0.5, 0.6) is 0 Å². The third-order valence-electron chi connectivity index (χ3n) is 1.01. The molecule has 0 aliphatic rings. The first kappa shape index (κ1) is 9.28. The summed E-state index contributed by atoms with van der Waals surface area (Å²) in [6, 6.07) is -0.750. The van der Waals surface area contributed by atoms with Crippen LogP contribution in [0.25, 0.3) is 0 Å². The van der Waals surface area contributed by atoms with Crippen LogP contribution >= 0.6 is 0 Å². The van der Waals surface area contributed by atoms with E-state index in [9.17, 15) is 9.59 Å². The predicted octanol–water partition coefficient (Wildman–Crippen LogP) is -1.72. The van der Waals surface area contributed by atoms with Crippen LogP contribution in [0.2, 0.25) is 0 Å². The van der Waals surface area contributed by atoms with Crippen molar-refractivity contribution in [2.24, 2.45) is 17.2 Å². The molecule has 6 heteroatoms. The number of hydrogen-bond donors (Lipinski definition) is 3. The van der Waals surface area contributed by atoms with Gasteiger partial charge < -0.3 is 17.2 Å². The Labute approximate surface area is 63.6 Å². The summed E-state index contributed by atoms with van der Waals surface area (Å²) in [7, 11) is 1.33. The van der Waals surface area contributed by atoms with Gasteiger partial charge in [0.15, 0.2) is 0 Å². The molecule has 11 heavy (non-hydrogen) atoms. The SMILES string of the molecule is CN(C(N)=O)/C(N)=C\C(N)=O. The quantitative estimate of drug-likeness (QED) is 0.415. The van der Waals surface area contributed by atoms with Crippen LogP contribution in [-0.4, -0.2) is 23.9 Å². The summed E-state index contributed by atoms with van der Waals surface area (Å²) in [5, 5.41) is 0. The third kappa shape index (κ3) is 3.09. The molecular weight excluding hydrogens is 148 g/mol. The van der Waals surface area contributed by atoms with E-state index in [4.69, 9.17) is 17.2 Å². The number of carbonyl (C=O) groups is 2. The summed E-state index contributed by atoms with van der Waals surface area (Å²) < 4.78 is 0. The van der Waals surface area contributed by atoms with Crippen LogP contribution in [0, 0.1) is 0 Å². The Morgan fingerprint density at radius 3 is 2.00 bits per heavy atom. The topological polar surface area (TPSA) is 115 Å². The minimum absolute atomic E-state index is 0.0787. The Morgan fingerprint density at radius 2 is 1.73 bits per heavy atom. The van der Waals surface area contributed by atoms with E-state index in [2.05, 4.69) is 0 Å². The van der Waals surface area contributed by atoms with Crippen LogP contribution in [0.15, 0.2) is 11.9 Å². The molecule has 0 saturated carbocycles. The minimum Gasteiger partial charge on any atom is -0.385 e. The van der Waals surface area contributed by atoms with E-state index in [0.29, 0.717) is 0 Å². The largest absolute Gasteiger partial charge is 0.385 e. The third-order valence-corrected chi connectivity index (χ3v) is 1.01. The Bertz CT molecular complexity index is 211. The van der Waals surface area contributed by atoms with Gasteiger partial charge in [0.1, 0.15) is 5.82 Å². The van der Waals surface area contributed by atoms with Crippen molar-refractivity contribution in [3.63, 3.8) is 0 Å². The molecule has 6 N–H and O–H groups in total. The number of amides is 3. The van der Waals surface area contributed by atoms with E-state index in [-0.39, 0.29) is 5.82 Å². The number of hydrogen-bond acceptors (Lipinski definition) is 3. The van der Waals surface area contributed by atoms with Gasteiger partial charge in [-0.1, -0.05) is 0 Å². The molecule has 0 radical (unpaired) electrons. The maximum absolute atomic E-state index is 10.4. The molecule has 0 rings (SSSR count). The molecule has 0 unspecified atom stereocenters. The lowest BCUT2D eigenvalue weighted by molar-refractivity contribution is -0.113. The zero-order chi connectivity index (χ0) is 9.02. The maximum Gasteiger partial charge on any atom is 0.320 e. The average Bonchev–Trinajstić information content (AvgIpc) is 1.84. The second-order valence-electron chi connectivity index (χ2n) is 1.87. The first-order valence-electron chi connectivity index (χ1n) is 2.75. The van der Waals surface area contributed by atoms with Gasteiger partial charge in [0.2, 0.25) is 5.91 Å². The van der Waals surface area contributed by atoms with E-state index in [0.717, 1.165) is 11.0 Å². The summed E-state index contributed by atoms with van der Waals surface area (Å²) in [5.74, 6) is -0.805. The summed E-state index contributed by atoms with van der Waals surface area (Å²) in [5.41, 5.74) is 14.8. The smallest absolute Gasteiger partial charge is 0.320 e. The Morgan fingerprint density at radius 1 is 1.27 bits per heavy atom. The molecule has 0 aliphatic heterocycles. The van der Waals surface area contributed by atoms with Gasteiger partial charge in [-0.3, -0.25) is 9.69 Å². The van der Waals surface area contributed by atoms with Gasteiger partial charge in [-0.05, 0) is 0 Å². The lowest BCUT2D eigenvalue weighted by Gasteiger charge is -2.12. The first-order chi connectivity index (χ1) is 4.95. The fraction of sp³-hybridized carbons (Fsp3) is 0.200. The summed E-state index contributed by atoms with van der Waals surface area (Å²) in [6.07, 6.45) is 0.908. The molecule has 0 atom stereocenters. The van der Waals surface area contributed by atoms with E-state index in [1.165, 1.54) is 7.05 Å². The zero-order valence-corrected chi connectivity index (χ0v) is 6.07. The maximum atomic E-state index is 10.4. The highest BCUT2D eigenvalue weighted by atomic mass is 16.2. The van der Waals surface area contributed by atoms with Gasteiger partial charge in [-0.25, -0.2) is 4.79 Å². The van der Waals surface area contributed by atoms with Crippen molar-refractivity contribution in [2.45, 2.75) is 0 Å². The Hall–Kier alpha value is -1.72. The van der Waals surface area contributed by atoms with Crippen molar-refractivity contribution in [3.05, 3.63) is 11.9 Å². The Kier molecular flexibility index (Phi) is 2.91. The van der Waals surface area contributed by atoms with E-state index < -0.39 is 11.9 Å². The van der Waals surface area contributed by atoms with Crippen LogP contribution in [0.1, 0.15) is 0 Å². The zero-order valence-electron chi connectivity index (χ0n) is 6.07. The number of nitrogens with two attached hydrogens (primary N) is 3. The molecule has 6 nitrogen and oxygen atoms in total. The number of rotatable bonds is 2. The fourth-order valence-corrected chi connectivity index (χ4v) is 0.370. The summed E-state index contributed by atoms with van der Waals surface area (Å²) in [4.78, 5) is 21.5. The molecule has 0 aliphatic carbocycles. The van der Waals surface area contributed by atoms with Gasteiger partial charge >= 0.3 is 6.03 Å². The van der Waals surface area contributed by atoms with Gasteiger partial charge in [-0.2, -0.15) is 0 Å². The van der Waals surface area contributed by atoms with Crippen molar-refractivity contribution in [1.82, 2.24) is 4.90 Å². The van der Waals surface area contributed by atoms with Gasteiger partial charge in [-0.15, -0.1) is 0 Å². The van der Waals surface area contributed by atoms with Gasteiger partial charge in [0, 0.05) is 13.1 Å². The molecular formula is C5H10N4O2. The average molecular weight is 158 g/mol. The predicted molar refractivity (Wildman–Crippen MR) is 38.8 cm³/mol. The highest BCUT2D eigenvalue weighted by Crippen LogP contribution is 1.90. The van der Waals surface area contributed by atoms with Crippen LogP contribution in [0.3, 0.4) is 0 Å². The van der Waals surface area contributed by atoms with E-state index in [1.807, 2.05) is 0 Å². The van der Waals surface area contributed by atoms with E-state index >= 15 is 0 Å². The van der Waals surface area contributed by atoms with Gasteiger partial charge in [0.25, 0.3) is 0 Å². The number of primary amides is 2. The first-order valence-corrected chi connectivity index (χ1v) is 2.75. The molecule has 0 bridgehead atoms. The molecule has 0 heterocycles. The highest BCUT2D eigenvalue weighted by Gasteiger charge is 2.05. The van der Waals surface area contributed by atoms with Crippen molar-refractivity contribution in [1.29, 1.82) is 0 Å². The van der Waals surface area contributed by atoms with Crippen LogP contribution < -0.4 is 17.2 Å². The molecule has 0 fully saturated rings. The molecule has 0 aromatic carbocycles. The lowest BCUT2D eigenvalue weighted by atomic mass is 10.5. The minimum atomic E-state index is -0.750.